The van der Waals surface area contributed by atoms with Crippen molar-refractivity contribution in [2.45, 2.75) is 33.1 Å². The van der Waals surface area contributed by atoms with E-state index >= 15 is 0 Å². The summed E-state index contributed by atoms with van der Waals surface area (Å²) in [5, 5.41) is 8.58. The van der Waals surface area contributed by atoms with Crippen LogP contribution >= 0.6 is 0 Å². The molecule has 0 aliphatic carbocycles. The van der Waals surface area contributed by atoms with Crippen LogP contribution in [0.4, 0.5) is 0 Å². The molecule has 0 aliphatic heterocycles. The zero-order chi connectivity index (χ0) is 9.40. The smallest absolute Gasteiger partial charge is 0.0666 e. The Morgan fingerprint density at radius 1 is 1.42 bits per heavy atom. The molecule has 0 aromatic heterocycles. The molecule has 0 aliphatic rings. The summed E-state index contributed by atoms with van der Waals surface area (Å²) in [5.41, 5.74) is 0. The molecule has 12 heavy (non-hydrogen) atoms. The van der Waals surface area contributed by atoms with Crippen molar-refractivity contribution < 1.29 is 0 Å². The molecule has 0 fully saturated rings. The molecule has 70 valence electrons. The summed E-state index contributed by atoms with van der Waals surface area (Å²) in [6.07, 6.45) is 3.82. The van der Waals surface area contributed by atoms with Gasteiger partial charge in [0.15, 0.2) is 0 Å². The monoisotopic (exact) mass is 168 g/mol. The highest BCUT2D eigenvalue weighted by Crippen LogP contribution is 1.99. The number of rotatable bonds is 6. The Morgan fingerprint density at radius 3 is 2.58 bits per heavy atom. The lowest BCUT2D eigenvalue weighted by Gasteiger charge is -2.16. The maximum atomic E-state index is 8.58. The van der Waals surface area contributed by atoms with Crippen LogP contribution in [0.2, 0.25) is 0 Å². The molecule has 0 rings (SSSR count). The Kier molecular flexibility index (Phi) is 6.79. The number of hydrogen-bond acceptors (Lipinski definition) is 2. The Bertz CT molecular complexity index is 137. The second-order valence-corrected chi connectivity index (χ2v) is 3.50. The molecule has 1 unspecified atom stereocenters. The molecule has 0 aromatic carbocycles. The van der Waals surface area contributed by atoms with Crippen molar-refractivity contribution >= 4 is 0 Å². The maximum Gasteiger partial charge on any atom is 0.0666 e. The molecule has 1 atom stereocenters. The van der Waals surface area contributed by atoms with E-state index in [2.05, 4.69) is 24.9 Å². The molecule has 0 amide bonds. The first-order chi connectivity index (χ1) is 5.70. The van der Waals surface area contributed by atoms with E-state index in [1.807, 2.05) is 6.92 Å². The van der Waals surface area contributed by atoms with Gasteiger partial charge in [-0.1, -0.05) is 19.8 Å². The standard InChI is InChI=1S/C10H20N2/c1-4-5-6-7-12(3)9-10(2)8-11/h10H,4-7,9H2,1-3H3. The van der Waals surface area contributed by atoms with Crippen LogP contribution in [-0.2, 0) is 0 Å². The van der Waals surface area contributed by atoms with Crippen LogP contribution in [0.1, 0.15) is 33.1 Å². The van der Waals surface area contributed by atoms with Crippen molar-refractivity contribution in [2.24, 2.45) is 5.92 Å². The normalized spacial score (nSPS) is 12.9. The van der Waals surface area contributed by atoms with Gasteiger partial charge in [-0.15, -0.1) is 0 Å². The summed E-state index contributed by atoms with van der Waals surface area (Å²) in [5.74, 6) is 0.164. The highest BCUT2D eigenvalue weighted by molar-refractivity contribution is 4.80. The fourth-order valence-electron chi connectivity index (χ4n) is 1.23. The summed E-state index contributed by atoms with van der Waals surface area (Å²) in [6.45, 7) is 6.20. The van der Waals surface area contributed by atoms with Crippen LogP contribution in [-0.4, -0.2) is 25.0 Å². The first-order valence-electron chi connectivity index (χ1n) is 4.78. The Balaban J connectivity index is 3.34. The van der Waals surface area contributed by atoms with Crippen molar-refractivity contribution in [3.8, 4) is 6.07 Å². The van der Waals surface area contributed by atoms with E-state index in [4.69, 9.17) is 5.26 Å². The molecule has 0 aromatic rings. The third-order valence-electron chi connectivity index (χ3n) is 1.95. The zero-order valence-corrected chi connectivity index (χ0v) is 8.51. The van der Waals surface area contributed by atoms with Crippen molar-refractivity contribution in [3.63, 3.8) is 0 Å². The first-order valence-corrected chi connectivity index (χ1v) is 4.78. The molecular weight excluding hydrogens is 148 g/mol. The first kappa shape index (κ1) is 11.4. The van der Waals surface area contributed by atoms with Gasteiger partial charge < -0.3 is 4.90 Å². The Morgan fingerprint density at radius 2 is 2.08 bits per heavy atom. The molecule has 0 saturated carbocycles. The van der Waals surface area contributed by atoms with Crippen LogP contribution < -0.4 is 0 Å². The van der Waals surface area contributed by atoms with Gasteiger partial charge in [0.05, 0.1) is 12.0 Å². The zero-order valence-electron chi connectivity index (χ0n) is 8.51. The van der Waals surface area contributed by atoms with Gasteiger partial charge in [0, 0.05) is 6.54 Å². The van der Waals surface area contributed by atoms with E-state index in [9.17, 15) is 0 Å². The van der Waals surface area contributed by atoms with Gasteiger partial charge in [-0.3, -0.25) is 0 Å². The Labute approximate surface area is 76.2 Å². The predicted molar refractivity (Wildman–Crippen MR) is 51.8 cm³/mol. The number of nitriles is 1. The van der Waals surface area contributed by atoms with Gasteiger partial charge >= 0.3 is 0 Å². The Hall–Kier alpha value is -0.550. The lowest BCUT2D eigenvalue weighted by atomic mass is 10.2. The van der Waals surface area contributed by atoms with Crippen molar-refractivity contribution in [2.75, 3.05) is 20.1 Å². The quantitative estimate of drug-likeness (QED) is 0.569. The molecule has 0 N–H and O–H groups in total. The third kappa shape index (κ3) is 6.18. The van der Waals surface area contributed by atoms with Gasteiger partial charge in [-0.25, -0.2) is 0 Å². The summed E-state index contributed by atoms with van der Waals surface area (Å²) in [4.78, 5) is 2.24. The van der Waals surface area contributed by atoms with Crippen molar-refractivity contribution in [1.82, 2.24) is 4.90 Å². The summed E-state index contributed by atoms with van der Waals surface area (Å²) in [7, 11) is 2.09. The fraction of sp³-hybridized carbons (Fsp3) is 0.900. The summed E-state index contributed by atoms with van der Waals surface area (Å²) >= 11 is 0. The van der Waals surface area contributed by atoms with E-state index in [1.54, 1.807) is 0 Å². The second kappa shape index (κ2) is 7.12. The van der Waals surface area contributed by atoms with Crippen molar-refractivity contribution in [3.05, 3.63) is 0 Å². The van der Waals surface area contributed by atoms with Crippen LogP contribution in [0, 0.1) is 17.2 Å². The lowest BCUT2D eigenvalue weighted by molar-refractivity contribution is 0.303. The molecule has 0 saturated heterocycles. The van der Waals surface area contributed by atoms with Crippen molar-refractivity contribution in [1.29, 1.82) is 5.26 Å². The molecule has 0 radical (unpaired) electrons. The van der Waals surface area contributed by atoms with E-state index in [-0.39, 0.29) is 5.92 Å². The average molecular weight is 168 g/mol. The van der Waals surface area contributed by atoms with Gasteiger partial charge in [0.25, 0.3) is 0 Å². The average Bonchev–Trinajstić information content (AvgIpc) is 2.05. The summed E-state index contributed by atoms with van der Waals surface area (Å²) in [6, 6.07) is 2.24. The number of hydrogen-bond donors (Lipinski definition) is 0. The fourth-order valence-corrected chi connectivity index (χ4v) is 1.23. The van der Waals surface area contributed by atoms with Crippen LogP contribution in [0.3, 0.4) is 0 Å². The van der Waals surface area contributed by atoms with Crippen LogP contribution in [0.5, 0.6) is 0 Å². The van der Waals surface area contributed by atoms with Crippen LogP contribution in [0.25, 0.3) is 0 Å². The second-order valence-electron chi connectivity index (χ2n) is 3.50. The largest absolute Gasteiger partial charge is 0.305 e. The topological polar surface area (TPSA) is 27.0 Å². The molecule has 2 nitrogen and oxygen atoms in total. The van der Waals surface area contributed by atoms with Crippen LogP contribution in [0.15, 0.2) is 0 Å². The van der Waals surface area contributed by atoms with Gasteiger partial charge in [0.2, 0.25) is 0 Å². The summed E-state index contributed by atoms with van der Waals surface area (Å²) < 4.78 is 0. The van der Waals surface area contributed by atoms with E-state index < -0.39 is 0 Å². The van der Waals surface area contributed by atoms with E-state index in [0.717, 1.165) is 13.1 Å². The molecule has 2 heteroatoms. The van der Waals surface area contributed by atoms with Gasteiger partial charge in [-0.05, 0) is 26.9 Å². The SMILES string of the molecule is CCCCCN(C)CC(C)C#N. The number of nitrogens with zero attached hydrogens (tertiary/aromatic N) is 2. The molecule has 0 spiro atoms. The molecule has 0 bridgehead atoms. The lowest BCUT2D eigenvalue weighted by Crippen LogP contribution is -2.24. The minimum atomic E-state index is 0.164. The van der Waals surface area contributed by atoms with E-state index in [0.29, 0.717) is 0 Å². The maximum absolute atomic E-state index is 8.58. The highest BCUT2D eigenvalue weighted by atomic mass is 15.1. The minimum absolute atomic E-state index is 0.164. The van der Waals surface area contributed by atoms with Gasteiger partial charge in [0.1, 0.15) is 0 Å². The molecule has 0 heterocycles. The van der Waals surface area contributed by atoms with Gasteiger partial charge in [-0.2, -0.15) is 5.26 Å². The minimum Gasteiger partial charge on any atom is -0.305 e. The highest BCUT2D eigenvalue weighted by Gasteiger charge is 2.03. The number of unbranched alkanes of at least 4 members (excludes halogenated alkanes) is 2. The molecular formula is C10H20N2. The predicted octanol–water partition coefficient (Wildman–Crippen LogP) is 2.27. The third-order valence-corrected chi connectivity index (χ3v) is 1.95. The van der Waals surface area contributed by atoms with E-state index in [1.165, 1.54) is 19.3 Å².